The van der Waals surface area contributed by atoms with Gasteiger partial charge in [-0.25, -0.2) is 4.98 Å². The van der Waals surface area contributed by atoms with Gasteiger partial charge >= 0.3 is 0 Å². The zero-order valence-electron chi connectivity index (χ0n) is 16.4. The summed E-state index contributed by atoms with van der Waals surface area (Å²) in [6, 6.07) is 10.6. The molecule has 28 heavy (non-hydrogen) atoms. The topological polar surface area (TPSA) is 44.7 Å². The van der Waals surface area contributed by atoms with Crippen molar-refractivity contribution >= 4 is 23.4 Å². The van der Waals surface area contributed by atoms with E-state index in [4.69, 9.17) is 21.3 Å². The first kappa shape index (κ1) is 19.4. The normalized spacial score (nSPS) is 20.9. The maximum atomic E-state index is 6.01. The van der Waals surface area contributed by atoms with Crippen molar-refractivity contribution in [1.82, 2.24) is 14.9 Å². The summed E-state index contributed by atoms with van der Waals surface area (Å²) in [4.78, 5) is 16.4. The van der Waals surface area contributed by atoms with Gasteiger partial charge in [-0.15, -0.1) is 0 Å². The lowest BCUT2D eigenvalue weighted by Crippen LogP contribution is -2.46. The number of nitrogens with zero attached hydrogens (tertiary/aromatic N) is 5. The van der Waals surface area contributed by atoms with E-state index in [0.717, 1.165) is 62.7 Å². The first-order chi connectivity index (χ1) is 13.7. The molecule has 2 fully saturated rings. The van der Waals surface area contributed by atoms with Gasteiger partial charge in [0.1, 0.15) is 5.82 Å². The van der Waals surface area contributed by atoms with E-state index >= 15 is 0 Å². The van der Waals surface area contributed by atoms with Gasteiger partial charge in [0.15, 0.2) is 0 Å². The van der Waals surface area contributed by atoms with Crippen molar-refractivity contribution in [2.45, 2.75) is 25.4 Å². The third-order valence-corrected chi connectivity index (χ3v) is 5.88. The van der Waals surface area contributed by atoms with E-state index in [1.54, 1.807) is 0 Å². The maximum absolute atomic E-state index is 6.01. The monoisotopic (exact) mass is 401 g/mol. The predicted molar refractivity (Wildman–Crippen MR) is 113 cm³/mol. The largest absolute Gasteiger partial charge is 0.378 e. The number of benzene rings is 1. The lowest BCUT2D eigenvalue weighted by atomic mass is 10.0. The molecule has 3 heterocycles. The van der Waals surface area contributed by atoms with Gasteiger partial charge in [-0.05, 0) is 43.1 Å². The van der Waals surface area contributed by atoms with Crippen LogP contribution in [0, 0.1) is 0 Å². The van der Waals surface area contributed by atoms with E-state index < -0.39 is 0 Å². The highest BCUT2D eigenvalue weighted by Crippen LogP contribution is 2.23. The van der Waals surface area contributed by atoms with Gasteiger partial charge in [0, 0.05) is 50.5 Å². The second kappa shape index (κ2) is 9.07. The van der Waals surface area contributed by atoms with E-state index in [9.17, 15) is 0 Å². The summed E-state index contributed by atoms with van der Waals surface area (Å²) in [7, 11) is 2.15. The molecule has 150 valence electrons. The molecule has 6 nitrogen and oxygen atoms in total. The minimum Gasteiger partial charge on any atom is -0.378 e. The van der Waals surface area contributed by atoms with Crippen LogP contribution in [0.3, 0.4) is 0 Å². The van der Waals surface area contributed by atoms with Gasteiger partial charge in [0.05, 0.1) is 13.2 Å². The van der Waals surface area contributed by atoms with Gasteiger partial charge in [-0.2, -0.15) is 4.98 Å². The fourth-order valence-corrected chi connectivity index (χ4v) is 4.10. The second-order valence-corrected chi connectivity index (χ2v) is 8.02. The molecule has 1 aromatic heterocycles. The molecule has 1 aromatic carbocycles. The van der Waals surface area contributed by atoms with Crippen molar-refractivity contribution in [2.75, 3.05) is 56.2 Å². The summed E-state index contributed by atoms with van der Waals surface area (Å²) in [5.41, 5.74) is 1.31. The minimum absolute atomic E-state index is 0.452. The van der Waals surface area contributed by atoms with Crippen LogP contribution in [-0.2, 0) is 11.3 Å². The number of hydrogen-bond acceptors (Lipinski definition) is 6. The molecule has 2 saturated heterocycles. The zero-order valence-corrected chi connectivity index (χ0v) is 17.2. The van der Waals surface area contributed by atoms with Crippen molar-refractivity contribution in [3.05, 3.63) is 47.1 Å². The summed E-state index contributed by atoms with van der Waals surface area (Å²) in [5.74, 6) is 1.80. The standard InChI is InChI=1S/C21H28ClN5O/c1-25(20-8-9-23-21(24-20)27-11-13-28-14-12-27)19-3-2-10-26(16-19)15-17-4-6-18(22)7-5-17/h4-9,19H,2-3,10-16H2,1H3. The van der Waals surface area contributed by atoms with Gasteiger partial charge in [0.2, 0.25) is 5.95 Å². The molecule has 0 aliphatic carbocycles. The van der Waals surface area contributed by atoms with Crippen LogP contribution >= 0.6 is 11.6 Å². The van der Waals surface area contributed by atoms with Crippen LogP contribution in [-0.4, -0.2) is 67.4 Å². The third kappa shape index (κ3) is 4.74. The van der Waals surface area contributed by atoms with Crippen molar-refractivity contribution in [1.29, 1.82) is 0 Å². The number of rotatable bonds is 5. The molecule has 0 radical (unpaired) electrons. The molecule has 0 saturated carbocycles. The summed E-state index contributed by atoms with van der Waals surface area (Å²) < 4.78 is 5.44. The average Bonchev–Trinajstić information content (AvgIpc) is 2.76. The first-order valence-corrected chi connectivity index (χ1v) is 10.4. The van der Waals surface area contributed by atoms with E-state index in [0.29, 0.717) is 6.04 Å². The van der Waals surface area contributed by atoms with Gasteiger partial charge < -0.3 is 14.5 Å². The van der Waals surface area contributed by atoms with E-state index in [1.807, 2.05) is 24.4 Å². The summed E-state index contributed by atoms with van der Waals surface area (Å²) in [5, 5.41) is 0.792. The number of hydrogen-bond donors (Lipinski definition) is 0. The number of likely N-dealkylation sites (tertiary alicyclic amines) is 1. The predicted octanol–water partition coefficient (Wildman–Crippen LogP) is 3.07. The molecule has 2 aliphatic rings. The highest BCUT2D eigenvalue weighted by Gasteiger charge is 2.25. The van der Waals surface area contributed by atoms with Crippen molar-refractivity contribution in [3.8, 4) is 0 Å². The van der Waals surface area contributed by atoms with Crippen molar-refractivity contribution < 1.29 is 4.74 Å². The Hall–Kier alpha value is -1.89. The maximum Gasteiger partial charge on any atom is 0.227 e. The van der Waals surface area contributed by atoms with E-state index in [-0.39, 0.29) is 0 Å². The van der Waals surface area contributed by atoms with Crippen molar-refractivity contribution in [3.63, 3.8) is 0 Å². The number of ether oxygens (including phenoxy) is 1. The second-order valence-electron chi connectivity index (χ2n) is 7.58. The van der Waals surface area contributed by atoms with Crippen LogP contribution in [0.1, 0.15) is 18.4 Å². The molecule has 0 spiro atoms. The Bertz CT molecular complexity index is 766. The van der Waals surface area contributed by atoms with Crippen LogP contribution in [0.5, 0.6) is 0 Å². The third-order valence-electron chi connectivity index (χ3n) is 5.63. The van der Waals surface area contributed by atoms with Gasteiger partial charge in [-0.3, -0.25) is 4.90 Å². The SMILES string of the molecule is CN(c1ccnc(N2CCOCC2)n1)C1CCCN(Cc2ccc(Cl)cc2)C1. The minimum atomic E-state index is 0.452. The number of likely N-dealkylation sites (N-methyl/N-ethyl adjacent to an activating group) is 1. The fraction of sp³-hybridized carbons (Fsp3) is 0.524. The molecule has 1 atom stereocenters. The zero-order chi connectivity index (χ0) is 19.3. The first-order valence-electron chi connectivity index (χ1n) is 10.0. The van der Waals surface area contributed by atoms with Crippen LogP contribution in [0.2, 0.25) is 5.02 Å². The summed E-state index contributed by atoms with van der Waals surface area (Å²) in [6.45, 7) is 6.32. The fourth-order valence-electron chi connectivity index (χ4n) is 3.98. The quantitative estimate of drug-likeness (QED) is 0.767. The van der Waals surface area contributed by atoms with Crippen molar-refractivity contribution in [2.24, 2.45) is 0 Å². The summed E-state index contributed by atoms with van der Waals surface area (Å²) in [6.07, 6.45) is 4.26. The smallest absolute Gasteiger partial charge is 0.227 e. The highest BCUT2D eigenvalue weighted by molar-refractivity contribution is 6.30. The molecular formula is C21H28ClN5O. The number of anilines is 2. The molecule has 2 aliphatic heterocycles. The lowest BCUT2D eigenvalue weighted by Gasteiger charge is -2.38. The summed E-state index contributed by atoms with van der Waals surface area (Å²) >= 11 is 6.01. The van der Waals surface area contributed by atoms with Crippen LogP contribution in [0.4, 0.5) is 11.8 Å². The highest BCUT2D eigenvalue weighted by atomic mass is 35.5. The Morgan fingerprint density at radius 1 is 1.14 bits per heavy atom. The molecule has 7 heteroatoms. The molecule has 2 aromatic rings. The van der Waals surface area contributed by atoms with E-state index in [2.05, 4.69) is 38.9 Å². The van der Waals surface area contributed by atoms with Crippen LogP contribution in [0.15, 0.2) is 36.5 Å². The van der Waals surface area contributed by atoms with Gasteiger partial charge in [-0.1, -0.05) is 23.7 Å². The Balaban J connectivity index is 1.41. The average molecular weight is 402 g/mol. The molecule has 0 bridgehead atoms. The molecule has 0 amide bonds. The number of halogens is 1. The number of morpholine rings is 1. The Labute approximate surface area is 172 Å². The van der Waals surface area contributed by atoms with E-state index in [1.165, 1.54) is 18.4 Å². The molecule has 1 unspecified atom stereocenters. The van der Waals surface area contributed by atoms with Gasteiger partial charge in [0.25, 0.3) is 0 Å². The molecular weight excluding hydrogens is 374 g/mol. The lowest BCUT2D eigenvalue weighted by molar-refractivity contribution is 0.122. The van der Waals surface area contributed by atoms with Crippen LogP contribution in [0.25, 0.3) is 0 Å². The Kier molecular flexibility index (Phi) is 6.29. The molecule has 4 rings (SSSR count). The number of aromatic nitrogens is 2. The van der Waals surface area contributed by atoms with Crippen LogP contribution < -0.4 is 9.80 Å². The Morgan fingerprint density at radius 2 is 1.93 bits per heavy atom. The number of piperidine rings is 1. The Morgan fingerprint density at radius 3 is 2.71 bits per heavy atom. The molecule has 0 N–H and O–H groups in total.